The summed E-state index contributed by atoms with van der Waals surface area (Å²) < 4.78 is 39.8. The van der Waals surface area contributed by atoms with Crippen LogP contribution in [0.2, 0.25) is 5.02 Å². The van der Waals surface area contributed by atoms with Crippen LogP contribution < -0.4 is 10.6 Å². The summed E-state index contributed by atoms with van der Waals surface area (Å²) in [6.45, 7) is 0. The van der Waals surface area contributed by atoms with E-state index in [4.69, 9.17) is 11.6 Å². The SMILES string of the molecule is O=C(Nc1ccc2cn[nH]c2c1)c1cc2nc(Nc3ccccc3C(F)(F)F)[nH]c2cc1Cl. The molecule has 0 aliphatic carbocycles. The van der Waals surface area contributed by atoms with Crippen LogP contribution in [0.25, 0.3) is 21.9 Å². The zero-order chi connectivity index (χ0) is 23.2. The van der Waals surface area contributed by atoms with Crippen molar-refractivity contribution in [2.75, 3.05) is 10.6 Å². The number of anilines is 3. The van der Waals surface area contributed by atoms with Crippen molar-refractivity contribution in [1.82, 2.24) is 20.2 Å². The van der Waals surface area contributed by atoms with Crippen LogP contribution in [0.4, 0.5) is 30.5 Å². The van der Waals surface area contributed by atoms with Gasteiger partial charge in [0, 0.05) is 11.1 Å². The van der Waals surface area contributed by atoms with Gasteiger partial charge in [-0.05, 0) is 42.5 Å². The molecule has 0 spiro atoms. The van der Waals surface area contributed by atoms with Crippen molar-refractivity contribution >= 4 is 56.8 Å². The van der Waals surface area contributed by atoms with E-state index in [0.29, 0.717) is 16.7 Å². The van der Waals surface area contributed by atoms with E-state index in [9.17, 15) is 18.0 Å². The summed E-state index contributed by atoms with van der Waals surface area (Å²) in [7, 11) is 0. The molecule has 0 radical (unpaired) electrons. The maximum Gasteiger partial charge on any atom is 0.418 e. The van der Waals surface area contributed by atoms with Crippen molar-refractivity contribution < 1.29 is 18.0 Å². The van der Waals surface area contributed by atoms with E-state index in [1.165, 1.54) is 30.3 Å². The summed E-state index contributed by atoms with van der Waals surface area (Å²) in [4.78, 5) is 20.0. The van der Waals surface area contributed by atoms with Crippen LogP contribution in [0.1, 0.15) is 15.9 Å². The van der Waals surface area contributed by atoms with Gasteiger partial charge in [0.1, 0.15) is 0 Å². The second kappa shape index (κ2) is 7.82. The number of aromatic nitrogens is 4. The normalized spacial score (nSPS) is 11.8. The molecule has 0 fully saturated rings. The number of imidazole rings is 1. The van der Waals surface area contributed by atoms with Gasteiger partial charge in [0.2, 0.25) is 5.95 Å². The summed E-state index contributed by atoms with van der Waals surface area (Å²) >= 11 is 6.30. The lowest BCUT2D eigenvalue weighted by molar-refractivity contribution is -0.136. The number of para-hydroxylation sites is 1. The Hall–Kier alpha value is -4.05. The van der Waals surface area contributed by atoms with Gasteiger partial charge in [-0.1, -0.05) is 23.7 Å². The Kier molecular flexibility index (Phi) is 4.94. The van der Waals surface area contributed by atoms with Crippen LogP contribution in [-0.2, 0) is 6.18 Å². The number of H-pyrrole nitrogens is 2. The maximum atomic E-state index is 13.3. The first-order valence-corrected chi connectivity index (χ1v) is 10.0. The standard InChI is InChI=1S/C22H14ClF3N6O/c23-15-9-19-18(30-21(31-19)29-16-4-2-1-3-14(16)22(24,25)26)8-13(15)20(33)28-12-6-5-11-10-27-32-17(11)7-12/h1-10H,(H,27,32)(H,28,33)(H2,29,30,31). The monoisotopic (exact) mass is 470 g/mol. The van der Waals surface area contributed by atoms with E-state index >= 15 is 0 Å². The molecule has 0 bridgehead atoms. The largest absolute Gasteiger partial charge is 0.418 e. The Balaban J connectivity index is 1.43. The lowest BCUT2D eigenvalue weighted by atomic mass is 10.1. The number of benzene rings is 3. The van der Waals surface area contributed by atoms with Crippen molar-refractivity contribution in [2.45, 2.75) is 6.18 Å². The second-order valence-electron chi connectivity index (χ2n) is 7.23. The molecule has 33 heavy (non-hydrogen) atoms. The minimum absolute atomic E-state index is 0.0834. The lowest BCUT2D eigenvalue weighted by Gasteiger charge is -2.12. The number of halogens is 4. The summed E-state index contributed by atoms with van der Waals surface area (Å²) in [5.41, 5.74) is 1.32. The molecule has 5 rings (SSSR count). The molecule has 0 atom stereocenters. The van der Waals surface area contributed by atoms with Crippen LogP contribution in [0.5, 0.6) is 0 Å². The summed E-state index contributed by atoms with van der Waals surface area (Å²) in [5, 5.41) is 13.2. The van der Waals surface area contributed by atoms with Crippen molar-refractivity contribution in [3.8, 4) is 0 Å². The van der Waals surface area contributed by atoms with Gasteiger partial charge < -0.3 is 15.6 Å². The minimum atomic E-state index is -4.52. The highest BCUT2D eigenvalue weighted by Gasteiger charge is 2.33. The van der Waals surface area contributed by atoms with E-state index in [1.54, 1.807) is 18.3 Å². The molecule has 4 N–H and O–H groups in total. The summed E-state index contributed by atoms with van der Waals surface area (Å²) in [6, 6.07) is 13.3. The first-order valence-electron chi connectivity index (χ1n) is 9.65. The van der Waals surface area contributed by atoms with Gasteiger partial charge >= 0.3 is 6.18 Å². The van der Waals surface area contributed by atoms with Crippen LogP contribution in [0, 0.1) is 0 Å². The highest BCUT2D eigenvalue weighted by atomic mass is 35.5. The Morgan fingerprint density at radius 2 is 1.85 bits per heavy atom. The molecule has 0 saturated heterocycles. The number of carbonyl (C=O) groups is 1. The van der Waals surface area contributed by atoms with Crippen molar-refractivity contribution in [3.05, 3.63) is 76.9 Å². The van der Waals surface area contributed by atoms with E-state index < -0.39 is 17.6 Å². The fraction of sp³-hybridized carbons (Fsp3) is 0.0455. The number of amides is 1. The molecular weight excluding hydrogens is 457 g/mol. The number of rotatable bonds is 4. The van der Waals surface area contributed by atoms with Crippen LogP contribution in [-0.4, -0.2) is 26.1 Å². The minimum Gasteiger partial charge on any atom is -0.325 e. The Labute approximate surface area is 189 Å². The number of nitrogens with zero attached hydrogens (tertiary/aromatic N) is 2. The number of carbonyl (C=O) groups excluding carboxylic acids is 1. The van der Waals surface area contributed by atoms with Crippen LogP contribution in [0.3, 0.4) is 0 Å². The average Bonchev–Trinajstić information content (AvgIpc) is 3.38. The number of aromatic amines is 2. The molecule has 2 heterocycles. The number of nitrogens with one attached hydrogen (secondary N) is 4. The van der Waals surface area contributed by atoms with Crippen LogP contribution >= 0.6 is 11.6 Å². The van der Waals surface area contributed by atoms with Gasteiger partial charge in [0.25, 0.3) is 5.91 Å². The third-order valence-corrected chi connectivity index (χ3v) is 5.31. The van der Waals surface area contributed by atoms with Gasteiger partial charge in [0.15, 0.2) is 0 Å². The average molecular weight is 471 g/mol. The summed E-state index contributed by atoms with van der Waals surface area (Å²) in [6.07, 6.45) is -2.86. The quantitative estimate of drug-likeness (QED) is 0.255. The summed E-state index contributed by atoms with van der Waals surface area (Å²) in [5.74, 6) is -0.374. The maximum absolute atomic E-state index is 13.3. The fourth-order valence-corrected chi connectivity index (χ4v) is 3.69. The van der Waals surface area contributed by atoms with Gasteiger partial charge in [0.05, 0.1) is 44.6 Å². The zero-order valence-electron chi connectivity index (χ0n) is 16.6. The highest BCUT2D eigenvalue weighted by Crippen LogP contribution is 2.36. The third-order valence-electron chi connectivity index (χ3n) is 5.00. The number of hydrogen-bond acceptors (Lipinski definition) is 4. The molecule has 0 aliphatic rings. The topological polar surface area (TPSA) is 98.5 Å². The highest BCUT2D eigenvalue weighted by molar-refractivity contribution is 6.35. The number of fused-ring (bicyclic) bond motifs is 2. The van der Waals surface area contributed by atoms with Crippen molar-refractivity contribution in [1.29, 1.82) is 0 Å². The van der Waals surface area contributed by atoms with E-state index in [0.717, 1.165) is 17.0 Å². The molecule has 0 aliphatic heterocycles. The predicted molar refractivity (Wildman–Crippen MR) is 120 cm³/mol. The first kappa shape index (κ1) is 20.8. The Bertz CT molecular complexity index is 1510. The molecule has 2 aromatic heterocycles. The number of hydrogen-bond donors (Lipinski definition) is 4. The molecule has 0 saturated carbocycles. The second-order valence-corrected chi connectivity index (χ2v) is 7.64. The smallest absolute Gasteiger partial charge is 0.325 e. The van der Waals surface area contributed by atoms with Crippen LogP contribution in [0.15, 0.2) is 60.8 Å². The first-order chi connectivity index (χ1) is 15.8. The number of alkyl halides is 3. The fourth-order valence-electron chi connectivity index (χ4n) is 3.44. The van der Waals surface area contributed by atoms with Gasteiger partial charge in [-0.2, -0.15) is 18.3 Å². The van der Waals surface area contributed by atoms with E-state index in [2.05, 4.69) is 30.8 Å². The lowest BCUT2D eigenvalue weighted by Crippen LogP contribution is -2.12. The molecule has 7 nitrogen and oxygen atoms in total. The van der Waals surface area contributed by atoms with E-state index in [-0.39, 0.29) is 22.2 Å². The Morgan fingerprint density at radius 3 is 2.67 bits per heavy atom. The molecule has 1 amide bonds. The van der Waals surface area contributed by atoms with Gasteiger partial charge in [-0.25, -0.2) is 4.98 Å². The molecular formula is C22H14ClF3N6O. The molecule has 0 unspecified atom stereocenters. The Morgan fingerprint density at radius 1 is 1.03 bits per heavy atom. The molecule has 11 heteroatoms. The molecule has 166 valence electrons. The zero-order valence-corrected chi connectivity index (χ0v) is 17.3. The third kappa shape index (κ3) is 4.08. The molecule has 3 aromatic carbocycles. The van der Waals surface area contributed by atoms with Gasteiger partial charge in [-0.15, -0.1) is 0 Å². The van der Waals surface area contributed by atoms with Crippen molar-refractivity contribution in [2.24, 2.45) is 0 Å². The predicted octanol–water partition coefficient (Wildman–Crippen LogP) is 6.11. The van der Waals surface area contributed by atoms with Crippen molar-refractivity contribution in [3.63, 3.8) is 0 Å². The van der Waals surface area contributed by atoms with Gasteiger partial charge in [-0.3, -0.25) is 9.89 Å². The molecule has 5 aromatic rings. The van der Waals surface area contributed by atoms with E-state index in [1.807, 2.05) is 6.07 Å².